The third-order valence-electron chi connectivity index (χ3n) is 5.57. The number of hydrogen-bond donors (Lipinski definition) is 1. The molecule has 0 heterocycles. The van der Waals surface area contributed by atoms with Crippen molar-refractivity contribution in [2.75, 3.05) is 32.8 Å². The quantitative estimate of drug-likeness (QED) is 0.234. The van der Waals surface area contributed by atoms with Crippen LogP contribution in [-0.2, 0) is 0 Å². The summed E-state index contributed by atoms with van der Waals surface area (Å²) in [6, 6.07) is 0.230. The number of carbonyl (C=O) groups excluding carboxylic acids is 1. The lowest BCUT2D eigenvalue weighted by molar-refractivity contribution is 0.151. The first-order chi connectivity index (χ1) is 13.7. The van der Waals surface area contributed by atoms with Crippen LogP contribution in [0.25, 0.3) is 0 Å². The van der Waals surface area contributed by atoms with Crippen LogP contribution in [0, 0.1) is 0 Å². The van der Waals surface area contributed by atoms with E-state index in [0.29, 0.717) is 0 Å². The summed E-state index contributed by atoms with van der Waals surface area (Å²) >= 11 is 0. The molecule has 168 valence electrons. The molecule has 0 aromatic rings. The third kappa shape index (κ3) is 15.2. The van der Waals surface area contributed by atoms with Gasteiger partial charge in [0.15, 0.2) is 0 Å². The van der Waals surface area contributed by atoms with Gasteiger partial charge in [-0.25, -0.2) is 4.79 Å². The fourth-order valence-electron chi connectivity index (χ4n) is 3.65. The molecule has 1 N–H and O–H groups in total. The minimum atomic E-state index is 0.230. The first-order valence-corrected chi connectivity index (χ1v) is 12.4. The van der Waals surface area contributed by atoms with E-state index in [4.69, 9.17) is 5.11 Å². The summed E-state index contributed by atoms with van der Waals surface area (Å²) in [5.41, 5.74) is 0. The summed E-state index contributed by atoms with van der Waals surface area (Å²) in [5.74, 6) is 0. The average Bonchev–Trinajstić information content (AvgIpc) is 2.71. The van der Waals surface area contributed by atoms with Crippen molar-refractivity contribution in [1.82, 2.24) is 9.80 Å². The largest absolute Gasteiger partial charge is 0.396 e. The van der Waals surface area contributed by atoms with Gasteiger partial charge in [0, 0.05) is 32.8 Å². The van der Waals surface area contributed by atoms with Crippen LogP contribution < -0.4 is 0 Å². The van der Waals surface area contributed by atoms with E-state index in [1.165, 1.54) is 64.2 Å². The molecule has 0 aliphatic rings. The predicted octanol–water partition coefficient (Wildman–Crippen LogP) is 6.61. The van der Waals surface area contributed by atoms with Gasteiger partial charge in [-0.2, -0.15) is 0 Å². The highest BCUT2D eigenvalue weighted by Crippen LogP contribution is 2.11. The third-order valence-corrected chi connectivity index (χ3v) is 5.57. The number of nitrogens with zero attached hydrogens (tertiary/aromatic N) is 2. The molecule has 4 nitrogen and oxygen atoms in total. The zero-order valence-corrected chi connectivity index (χ0v) is 19.4. The van der Waals surface area contributed by atoms with Gasteiger partial charge < -0.3 is 14.9 Å². The molecule has 0 aromatic carbocycles. The topological polar surface area (TPSA) is 43.8 Å². The Morgan fingerprint density at radius 3 is 1.39 bits per heavy atom. The van der Waals surface area contributed by atoms with Gasteiger partial charge in [-0.3, -0.25) is 0 Å². The lowest BCUT2D eigenvalue weighted by Gasteiger charge is -2.30. The van der Waals surface area contributed by atoms with Crippen molar-refractivity contribution in [3.63, 3.8) is 0 Å². The van der Waals surface area contributed by atoms with Crippen molar-refractivity contribution < 1.29 is 9.90 Å². The molecule has 0 unspecified atom stereocenters. The molecule has 0 aliphatic carbocycles. The second-order valence-electron chi connectivity index (χ2n) is 8.17. The molecule has 4 heteroatoms. The van der Waals surface area contributed by atoms with Gasteiger partial charge in [-0.15, -0.1) is 0 Å². The Balaban J connectivity index is 4.36. The Kier molecular flexibility index (Phi) is 20.4. The molecule has 0 aliphatic heterocycles. The Labute approximate surface area is 176 Å². The standard InChI is InChI=1S/C24H50N2O2/c1-4-7-9-11-13-16-20-25(6-3)24(28)26(22-18-15-19-23-27)21-17-14-12-10-8-5-2/h27H,4-23H2,1-3H3. The van der Waals surface area contributed by atoms with Gasteiger partial charge in [0.05, 0.1) is 0 Å². The summed E-state index contributed by atoms with van der Waals surface area (Å²) in [5, 5.41) is 9.00. The molecule has 28 heavy (non-hydrogen) atoms. The van der Waals surface area contributed by atoms with E-state index in [0.717, 1.165) is 58.3 Å². The summed E-state index contributed by atoms with van der Waals surface area (Å²) in [6.07, 6.45) is 18.0. The minimum absolute atomic E-state index is 0.230. The van der Waals surface area contributed by atoms with E-state index in [-0.39, 0.29) is 12.6 Å². The number of carbonyl (C=O) groups is 1. The SMILES string of the molecule is CCCCCCCCN(CC)C(=O)N(CCCCCO)CCCCCCCC. The van der Waals surface area contributed by atoms with Crippen LogP contribution in [-0.4, -0.2) is 53.7 Å². The molecular weight excluding hydrogens is 348 g/mol. The van der Waals surface area contributed by atoms with Gasteiger partial charge in [0.25, 0.3) is 0 Å². The summed E-state index contributed by atoms with van der Waals surface area (Å²) in [7, 11) is 0. The van der Waals surface area contributed by atoms with Crippen LogP contribution >= 0.6 is 0 Å². The molecule has 0 aromatic heterocycles. The summed E-state index contributed by atoms with van der Waals surface area (Å²) < 4.78 is 0. The van der Waals surface area contributed by atoms with Crippen molar-refractivity contribution in [3.05, 3.63) is 0 Å². The van der Waals surface area contributed by atoms with Crippen molar-refractivity contribution in [2.24, 2.45) is 0 Å². The second-order valence-corrected chi connectivity index (χ2v) is 8.17. The lowest BCUT2D eigenvalue weighted by atomic mass is 10.1. The van der Waals surface area contributed by atoms with E-state index >= 15 is 0 Å². The number of hydrogen-bond acceptors (Lipinski definition) is 2. The Morgan fingerprint density at radius 1 is 0.571 bits per heavy atom. The smallest absolute Gasteiger partial charge is 0.319 e. The molecule has 0 bridgehead atoms. The highest BCUT2D eigenvalue weighted by molar-refractivity contribution is 5.74. The maximum Gasteiger partial charge on any atom is 0.319 e. The monoisotopic (exact) mass is 398 g/mol. The first-order valence-electron chi connectivity index (χ1n) is 12.4. The normalized spacial score (nSPS) is 11.0. The van der Waals surface area contributed by atoms with Crippen LogP contribution in [0.1, 0.15) is 117 Å². The molecule has 2 amide bonds. The number of aliphatic hydroxyl groups excluding tert-OH is 1. The van der Waals surface area contributed by atoms with Crippen molar-refractivity contribution >= 4 is 6.03 Å². The second kappa shape index (κ2) is 21.0. The highest BCUT2D eigenvalue weighted by atomic mass is 16.3. The maximum absolute atomic E-state index is 13.1. The Hall–Kier alpha value is -0.770. The van der Waals surface area contributed by atoms with Gasteiger partial charge in [-0.05, 0) is 39.0 Å². The van der Waals surface area contributed by atoms with Gasteiger partial charge in [-0.1, -0.05) is 78.1 Å². The Bertz CT molecular complexity index is 337. The van der Waals surface area contributed by atoms with E-state index in [1.54, 1.807) is 0 Å². The zero-order valence-electron chi connectivity index (χ0n) is 19.4. The van der Waals surface area contributed by atoms with Crippen LogP contribution in [0.2, 0.25) is 0 Å². The fourth-order valence-corrected chi connectivity index (χ4v) is 3.65. The Morgan fingerprint density at radius 2 is 0.964 bits per heavy atom. The van der Waals surface area contributed by atoms with Crippen molar-refractivity contribution in [2.45, 2.75) is 117 Å². The van der Waals surface area contributed by atoms with E-state index in [2.05, 4.69) is 25.7 Å². The molecule has 0 saturated carbocycles. The summed E-state index contributed by atoms with van der Waals surface area (Å²) in [6.45, 7) is 10.3. The van der Waals surface area contributed by atoms with Gasteiger partial charge >= 0.3 is 6.03 Å². The molecular formula is C24H50N2O2. The van der Waals surface area contributed by atoms with E-state index in [9.17, 15) is 4.79 Å². The van der Waals surface area contributed by atoms with E-state index in [1.807, 2.05) is 4.90 Å². The van der Waals surface area contributed by atoms with Crippen LogP contribution in [0.5, 0.6) is 0 Å². The number of urea groups is 1. The summed E-state index contributed by atoms with van der Waals surface area (Å²) in [4.78, 5) is 17.2. The van der Waals surface area contributed by atoms with Crippen LogP contribution in [0.15, 0.2) is 0 Å². The molecule has 0 rings (SSSR count). The van der Waals surface area contributed by atoms with Crippen molar-refractivity contribution in [3.8, 4) is 0 Å². The molecule has 0 fully saturated rings. The predicted molar refractivity (Wildman–Crippen MR) is 122 cm³/mol. The number of unbranched alkanes of at least 4 members (excludes halogenated alkanes) is 12. The van der Waals surface area contributed by atoms with Crippen molar-refractivity contribution in [1.29, 1.82) is 0 Å². The highest BCUT2D eigenvalue weighted by Gasteiger charge is 2.18. The number of rotatable bonds is 20. The van der Waals surface area contributed by atoms with Crippen LogP contribution in [0.4, 0.5) is 4.79 Å². The zero-order chi connectivity index (χ0) is 20.9. The van der Waals surface area contributed by atoms with E-state index < -0.39 is 0 Å². The number of aliphatic hydroxyl groups is 1. The minimum Gasteiger partial charge on any atom is -0.396 e. The molecule has 0 spiro atoms. The molecule has 0 radical (unpaired) electrons. The van der Waals surface area contributed by atoms with Gasteiger partial charge in [0.1, 0.15) is 0 Å². The molecule has 0 saturated heterocycles. The lowest BCUT2D eigenvalue weighted by Crippen LogP contribution is -2.44. The van der Waals surface area contributed by atoms with Gasteiger partial charge in [0.2, 0.25) is 0 Å². The first kappa shape index (κ1) is 27.2. The fraction of sp³-hybridized carbons (Fsp3) is 0.958. The molecule has 0 atom stereocenters. The maximum atomic E-state index is 13.1. The average molecular weight is 399 g/mol. The number of amides is 2. The van der Waals surface area contributed by atoms with Crippen LogP contribution in [0.3, 0.4) is 0 Å².